The van der Waals surface area contributed by atoms with E-state index >= 15 is 0 Å². The van der Waals surface area contributed by atoms with Gasteiger partial charge in [0, 0.05) is 9.17 Å². The number of rotatable bonds is 3. The fourth-order valence-corrected chi connectivity index (χ4v) is 4.17. The molecule has 0 saturated heterocycles. The number of nitrogens with one attached hydrogen (secondary N) is 1. The number of benzene rings is 2. The van der Waals surface area contributed by atoms with E-state index in [2.05, 4.69) is 76.0 Å². The minimum atomic E-state index is 0.235. The van der Waals surface area contributed by atoms with Crippen molar-refractivity contribution in [2.45, 2.75) is 13.0 Å². The Balaban J connectivity index is 2.12. The van der Waals surface area contributed by atoms with Gasteiger partial charge in [0.1, 0.15) is 0 Å². The quantitative estimate of drug-likeness (QED) is 0.680. The van der Waals surface area contributed by atoms with Gasteiger partial charge in [0.2, 0.25) is 0 Å². The van der Waals surface area contributed by atoms with E-state index in [4.69, 9.17) is 0 Å². The predicted molar refractivity (Wildman–Crippen MR) is 91.6 cm³/mol. The lowest BCUT2D eigenvalue weighted by molar-refractivity contribution is 0.698. The summed E-state index contributed by atoms with van der Waals surface area (Å²) in [6.45, 7) is 2.12. The van der Waals surface area contributed by atoms with E-state index < -0.39 is 0 Å². The van der Waals surface area contributed by atoms with Crippen molar-refractivity contribution in [1.82, 2.24) is 5.32 Å². The second kappa shape index (κ2) is 5.68. The molecule has 102 valence electrons. The summed E-state index contributed by atoms with van der Waals surface area (Å²) >= 11 is 5.43. The monoisotopic (exact) mass is 345 g/mol. The van der Waals surface area contributed by atoms with Gasteiger partial charge in [0.05, 0.1) is 6.04 Å². The van der Waals surface area contributed by atoms with Crippen LogP contribution in [0.25, 0.3) is 10.1 Å². The van der Waals surface area contributed by atoms with Crippen molar-refractivity contribution in [3.8, 4) is 0 Å². The molecule has 0 aliphatic heterocycles. The third-order valence-electron chi connectivity index (χ3n) is 3.59. The van der Waals surface area contributed by atoms with Crippen LogP contribution in [0.1, 0.15) is 22.7 Å². The van der Waals surface area contributed by atoms with Gasteiger partial charge in [-0.2, -0.15) is 0 Å². The molecule has 0 amide bonds. The summed E-state index contributed by atoms with van der Waals surface area (Å²) in [6.07, 6.45) is 0. The first-order valence-electron chi connectivity index (χ1n) is 6.60. The SMILES string of the molecule is CNC(c1ccc(C)cc1)c1csc2c(Br)cccc12. The molecule has 0 saturated carbocycles. The van der Waals surface area contributed by atoms with E-state index in [1.54, 1.807) is 11.3 Å². The third kappa shape index (κ3) is 2.41. The Morgan fingerprint density at radius 3 is 2.55 bits per heavy atom. The van der Waals surface area contributed by atoms with Crippen molar-refractivity contribution in [3.05, 3.63) is 69.0 Å². The summed E-state index contributed by atoms with van der Waals surface area (Å²) < 4.78 is 2.49. The second-order valence-corrected chi connectivity index (χ2v) is 6.67. The van der Waals surface area contributed by atoms with Gasteiger partial charge in [-0.15, -0.1) is 11.3 Å². The van der Waals surface area contributed by atoms with E-state index in [1.807, 2.05) is 7.05 Å². The maximum atomic E-state index is 3.64. The molecule has 3 rings (SSSR count). The van der Waals surface area contributed by atoms with Gasteiger partial charge in [-0.05, 0) is 57.9 Å². The average molecular weight is 346 g/mol. The van der Waals surface area contributed by atoms with Crippen LogP contribution in [0.3, 0.4) is 0 Å². The highest BCUT2D eigenvalue weighted by atomic mass is 79.9. The van der Waals surface area contributed by atoms with Gasteiger partial charge in [0.25, 0.3) is 0 Å². The number of aryl methyl sites for hydroxylation is 1. The fraction of sp³-hybridized carbons (Fsp3) is 0.176. The van der Waals surface area contributed by atoms with Crippen LogP contribution in [0.5, 0.6) is 0 Å². The normalized spacial score (nSPS) is 12.8. The molecule has 3 aromatic rings. The largest absolute Gasteiger partial charge is 0.309 e. The third-order valence-corrected chi connectivity index (χ3v) is 5.56. The minimum Gasteiger partial charge on any atom is -0.309 e. The molecule has 2 aromatic carbocycles. The van der Waals surface area contributed by atoms with E-state index in [0.717, 1.165) is 0 Å². The van der Waals surface area contributed by atoms with Crippen molar-refractivity contribution in [1.29, 1.82) is 0 Å². The lowest BCUT2D eigenvalue weighted by atomic mass is 9.97. The lowest BCUT2D eigenvalue weighted by Crippen LogP contribution is -2.17. The van der Waals surface area contributed by atoms with E-state index in [0.29, 0.717) is 0 Å². The second-order valence-electron chi connectivity index (χ2n) is 4.94. The fourth-order valence-electron chi connectivity index (χ4n) is 2.53. The Hall–Kier alpha value is -1.16. The van der Waals surface area contributed by atoms with Crippen molar-refractivity contribution in [3.63, 3.8) is 0 Å². The first-order chi connectivity index (χ1) is 9.70. The zero-order chi connectivity index (χ0) is 14.1. The van der Waals surface area contributed by atoms with E-state index in [1.165, 1.54) is 31.2 Å². The molecule has 1 atom stereocenters. The van der Waals surface area contributed by atoms with Crippen LogP contribution in [0, 0.1) is 6.92 Å². The van der Waals surface area contributed by atoms with Crippen LogP contribution < -0.4 is 5.32 Å². The zero-order valence-electron chi connectivity index (χ0n) is 11.5. The molecular weight excluding hydrogens is 330 g/mol. The van der Waals surface area contributed by atoms with Gasteiger partial charge >= 0.3 is 0 Å². The highest BCUT2D eigenvalue weighted by molar-refractivity contribution is 9.10. The molecule has 1 aromatic heterocycles. The van der Waals surface area contributed by atoms with Crippen LogP contribution in [0.2, 0.25) is 0 Å². The standard InChI is InChI=1S/C17H16BrNS/c1-11-6-8-12(9-7-11)16(19-2)14-10-20-17-13(14)4-3-5-15(17)18/h3-10,16,19H,1-2H3. The zero-order valence-corrected chi connectivity index (χ0v) is 13.9. The number of hydrogen-bond donors (Lipinski definition) is 1. The molecule has 0 aliphatic carbocycles. The highest BCUT2D eigenvalue weighted by Crippen LogP contribution is 2.37. The Morgan fingerprint density at radius 2 is 1.85 bits per heavy atom. The Morgan fingerprint density at radius 1 is 1.10 bits per heavy atom. The van der Waals surface area contributed by atoms with Gasteiger partial charge in [0.15, 0.2) is 0 Å². The summed E-state index contributed by atoms with van der Waals surface area (Å²) in [4.78, 5) is 0. The molecule has 1 N–H and O–H groups in total. The molecule has 0 aliphatic rings. The van der Waals surface area contributed by atoms with E-state index in [9.17, 15) is 0 Å². The maximum Gasteiger partial charge on any atom is 0.0588 e. The van der Waals surface area contributed by atoms with Crippen molar-refractivity contribution >= 4 is 37.4 Å². The van der Waals surface area contributed by atoms with Gasteiger partial charge < -0.3 is 5.32 Å². The molecule has 0 radical (unpaired) electrons. The highest BCUT2D eigenvalue weighted by Gasteiger charge is 2.16. The van der Waals surface area contributed by atoms with Crippen LogP contribution in [0.15, 0.2) is 52.3 Å². The van der Waals surface area contributed by atoms with Gasteiger partial charge in [-0.25, -0.2) is 0 Å². The smallest absolute Gasteiger partial charge is 0.0588 e. The van der Waals surface area contributed by atoms with Crippen LogP contribution in [0.4, 0.5) is 0 Å². The molecule has 0 spiro atoms. The molecule has 0 bridgehead atoms. The number of halogens is 1. The van der Waals surface area contributed by atoms with Crippen molar-refractivity contribution in [2.24, 2.45) is 0 Å². The molecule has 1 heterocycles. The first kappa shape index (κ1) is 13.8. The number of thiophene rings is 1. The van der Waals surface area contributed by atoms with Crippen molar-refractivity contribution < 1.29 is 0 Å². The summed E-state index contributed by atoms with van der Waals surface area (Å²) in [5.74, 6) is 0. The van der Waals surface area contributed by atoms with Gasteiger partial charge in [-0.1, -0.05) is 42.0 Å². The minimum absolute atomic E-state index is 0.235. The van der Waals surface area contributed by atoms with Crippen LogP contribution >= 0.6 is 27.3 Å². The van der Waals surface area contributed by atoms with Crippen molar-refractivity contribution in [2.75, 3.05) is 7.05 Å². The lowest BCUT2D eigenvalue weighted by Gasteiger charge is -2.16. The molecule has 3 heteroatoms. The summed E-state index contributed by atoms with van der Waals surface area (Å²) in [6, 6.07) is 15.4. The molecular formula is C17H16BrNS. The van der Waals surface area contributed by atoms with Gasteiger partial charge in [-0.3, -0.25) is 0 Å². The molecule has 20 heavy (non-hydrogen) atoms. The summed E-state index contributed by atoms with van der Waals surface area (Å²) in [7, 11) is 2.02. The molecule has 1 nitrogen and oxygen atoms in total. The topological polar surface area (TPSA) is 12.0 Å². The summed E-state index contributed by atoms with van der Waals surface area (Å²) in [5.41, 5.74) is 3.94. The molecule has 0 fully saturated rings. The predicted octanol–water partition coefficient (Wildman–Crippen LogP) is 5.28. The Kier molecular flexibility index (Phi) is 3.92. The number of fused-ring (bicyclic) bond motifs is 1. The first-order valence-corrected chi connectivity index (χ1v) is 8.27. The Labute approximate surface area is 131 Å². The molecule has 1 unspecified atom stereocenters. The average Bonchev–Trinajstić information content (AvgIpc) is 2.87. The van der Waals surface area contributed by atoms with Crippen LogP contribution in [-0.2, 0) is 0 Å². The number of hydrogen-bond acceptors (Lipinski definition) is 2. The maximum absolute atomic E-state index is 3.64. The van der Waals surface area contributed by atoms with E-state index in [-0.39, 0.29) is 6.04 Å². The van der Waals surface area contributed by atoms with Crippen LogP contribution in [-0.4, -0.2) is 7.05 Å². The Bertz CT molecular complexity index is 730. The summed E-state index contributed by atoms with van der Waals surface area (Å²) in [5, 5.41) is 7.03.